The van der Waals surface area contributed by atoms with Crippen molar-refractivity contribution in [3.63, 3.8) is 0 Å². The van der Waals surface area contributed by atoms with Gasteiger partial charge >= 0.3 is 0 Å². The number of aromatic nitrogens is 6. The lowest BCUT2D eigenvalue weighted by Crippen LogP contribution is -2.22. The number of fused-ring (bicyclic) bond motifs is 1. The highest BCUT2D eigenvalue weighted by molar-refractivity contribution is 7.18. The molecule has 8 heteroatoms. The second-order valence-corrected chi connectivity index (χ2v) is 6.25. The Bertz CT molecular complexity index is 833. The zero-order chi connectivity index (χ0) is 15.5. The second-order valence-electron chi connectivity index (χ2n) is 5.13. The van der Waals surface area contributed by atoms with Gasteiger partial charge in [0.05, 0.1) is 18.3 Å². The molecule has 0 radical (unpaired) electrons. The van der Waals surface area contributed by atoms with Gasteiger partial charge in [-0.05, 0) is 29.3 Å². The summed E-state index contributed by atoms with van der Waals surface area (Å²) >= 11 is 1.57. The highest BCUT2D eigenvalue weighted by Gasteiger charge is 2.11. The van der Waals surface area contributed by atoms with Gasteiger partial charge in [-0.25, -0.2) is 9.67 Å². The molecule has 0 saturated carbocycles. The molecule has 0 aliphatic rings. The van der Waals surface area contributed by atoms with Crippen LogP contribution >= 0.6 is 11.3 Å². The Morgan fingerprint density at radius 1 is 1.32 bits per heavy atom. The van der Waals surface area contributed by atoms with Crippen molar-refractivity contribution in [2.75, 3.05) is 0 Å². The monoisotopic (exact) mass is 318 g/mol. The van der Waals surface area contributed by atoms with Crippen LogP contribution in [-0.2, 0) is 19.5 Å². The van der Waals surface area contributed by atoms with E-state index in [-0.39, 0.29) is 5.56 Å². The van der Waals surface area contributed by atoms with Crippen molar-refractivity contribution in [3.05, 3.63) is 33.4 Å². The zero-order valence-electron chi connectivity index (χ0n) is 12.7. The lowest BCUT2D eigenvalue weighted by Gasteiger charge is -2.05. The predicted octanol–water partition coefficient (Wildman–Crippen LogP) is 1.86. The molecular formula is C14H18N6OS. The summed E-state index contributed by atoms with van der Waals surface area (Å²) in [6.45, 7) is 5.30. The number of thiophene rings is 1. The predicted molar refractivity (Wildman–Crippen MR) is 85.1 cm³/mol. The first-order chi connectivity index (χ1) is 10.7. The second kappa shape index (κ2) is 6.35. The average Bonchev–Trinajstić information content (AvgIpc) is 3.14. The van der Waals surface area contributed by atoms with Gasteiger partial charge in [-0.1, -0.05) is 20.3 Å². The Morgan fingerprint density at radius 2 is 2.18 bits per heavy atom. The molecule has 0 amide bonds. The molecule has 0 spiro atoms. The molecular weight excluding hydrogens is 300 g/mol. The van der Waals surface area contributed by atoms with Crippen molar-refractivity contribution >= 4 is 21.6 Å². The third-order valence-corrected chi connectivity index (χ3v) is 4.75. The van der Waals surface area contributed by atoms with Gasteiger partial charge in [-0.2, -0.15) is 0 Å². The highest BCUT2D eigenvalue weighted by Crippen LogP contribution is 2.21. The Hall–Kier alpha value is -2.09. The van der Waals surface area contributed by atoms with Crippen LogP contribution in [0.3, 0.4) is 0 Å². The normalized spacial score (nSPS) is 11.4. The summed E-state index contributed by atoms with van der Waals surface area (Å²) < 4.78 is 3.33. The minimum absolute atomic E-state index is 0.0361. The number of rotatable bonds is 6. The number of hydrogen-bond donors (Lipinski definition) is 0. The average molecular weight is 318 g/mol. The molecule has 0 atom stereocenters. The lowest BCUT2D eigenvalue weighted by molar-refractivity contribution is 0.521. The Morgan fingerprint density at radius 3 is 2.95 bits per heavy atom. The van der Waals surface area contributed by atoms with Gasteiger partial charge in [0.2, 0.25) is 0 Å². The standard InChI is InChI=1S/C14H18N6OS/c1-3-5-6-20-12(16-17-18-20)8-19-9-15-13-11(14(19)21)7-10(4-2)22-13/h7,9H,3-6,8H2,1-2H3. The van der Waals surface area contributed by atoms with E-state index in [2.05, 4.69) is 34.4 Å². The molecule has 3 heterocycles. The first-order valence-electron chi connectivity index (χ1n) is 7.45. The SMILES string of the molecule is CCCCn1nnnc1Cn1cnc2sc(CC)cc2c1=O. The van der Waals surface area contributed by atoms with Crippen LogP contribution in [0, 0.1) is 0 Å². The molecule has 0 unspecified atom stereocenters. The van der Waals surface area contributed by atoms with Gasteiger partial charge in [0.15, 0.2) is 5.82 Å². The molecule has 7 nitrogen and oxygen atoms in total. The summed E-state index contributed by atoms with van der Waals surface area (Å²) in [4.78, 5) is 18.9. The molecule has 3 rings (SSSR count). The van der Waals surface area contributed by atoms with Crippen LogP contribution < -0.4 is 5.56 Å². The van der Waals surface area contributed by atoms with Crippen LogP contribution in [0.5, 0.6) is 0 Å². The van der Waals surface area contributed by atoms with Crippen LogP contribution in [0.2, 0.25) is 0 Å². The van der Waals surface area contributed by atoms with Crippen LogP contribution in [-0.4, -0.2) is 29.8 Å². The van der Waals surface area contributed by atoms with E-state index in [9.17, 15) is 4.79 Å². The minimum Gasteiger partial charge on any atom is -0.291 e. The number of tetrazole rings is 1. The summed E-state index contributed by atoms with van der Waals surface area (Å²) in [5.74, 6) is 0.683. The third kappa shape index (κ3) is 2.78. The molecule has 0 N–H and O–H groups in total. The largest absolute Gasteiger partial charge is 0.291 e. The van der Waals surface area contributed by atoms with Crippen molar-refractivity contribution in [2.24, 2.45) is 0 Å². The summed E-state index contributed by atoms with van der Waals surface area (Å²) in [5.41, 5.74) is -0.0361. The number of unbranched alkanes of at least 4 members (excludes halogenated alkanes) is 1. The summed E-state index contributed by atoms with van der Waals surface area (Å²) in [7, 11) is 0. The summed E-state index contributed by atoms with van der Waals surface area (Å²) in [5, 5.41) is 12.4. The van der Waals surface area contributed by atoms with Crippen LogP contribution in [0.1, 0.15) is 37.4 Å². The molecule has 0 aromatic carbocycles. The zero-order valence-corrected chi connectivity index (χ0v) is 13.5. The number of nitrogens with zero attached hydrogens (tertiary/aromatic N) is 6. The van der Waals surface area contributed by atoms with Gasteiger partial charge in [0, 0.05) is 11.4 Å². The number of aryl methyl sites for hydroxylation is 2. The van der Waals surface area contributed by atoms with Crippen molar-refractivity contribution < 1.29 is 0 Å². The van der Waals surface area contributed by atoms with Crippen LogP contribution in [0.15, 0.2) is 17.2 Å². The van der Waals surface area contributed by atoms with Gasteiger partial charge in [0.1, 0.15) is 4.83 Å². The lowest BCUT2D eigenvalue weighted by atomic mass is 10.3. The maximum atomic E-state index is 12.6. The van der Waals surface area contributed by atoms with Gasteiger partial charge in [0.25, 0.3) is 5.56 Å². The van der Waals surface area contributed by atoms with Crippen molar-refractivity contribution in [2.45, 2.75) is 46.2 Å². The first-order valence-corrected chi connectivity index (χ1v) is 8.27. The fraction of sp³-hybridized carbons (Fsp3) is 0.500. The topological polar surface area (TPSA) is 78.5 Å². The van der Waals surface area contributed by atoms with E-state index in [1.807, 2.05) is 6.07 Å². The fourth-order valence-corrected chi connectivity index (χ4v) is 3.19. The molecule has 3 aromatic heterocycles. The maximum absolute atomic E-state index is 12.6. The molecule has 116 valence electrons. The van der Waals surface area contributed by atoms with E-state index < -0.39 is 0 Å². The van der Waals surface area contributed by atoms with Gasteiger partial charge in [-0.3, -0.25) is 9.36 Å². The van der Waals surface area contributed by atoms with Crippen LogP contribution in [0.4, 0.5) is 0 Å². The first kappa shape index (κ1) is 14.8. The van der Waals surface area contributed by atoms with Crippen molar-refractivity contribution in [3.8, 4) is 0 Å². The Labute approximate surface area is 131 Å². The molecule has 0 fully saturated rings. The van der Waals surface area contributed by atoms with E-state index >= 15 is 0 Å². The van der Waals surface area contributed by atoms with Crippen LogP contribution in [0.25, 0.3) is 10.2 Å². The van der Waals surface area contributed by atoms with E-state index in [0.717, 1.165) is 30.6 Å². The molecule has 3 aromatic rings. The van der Waals surface area contributed by atoms with E-state index in [1.165, 1.54) is 4.88 Å². The summed E-state index contributed by atoms with van der Waals surface area (Å²) in [6, 6.07) is 1.94. The molecule has 0 bridgehead atoms. The Balaban J connectivity index is 1.92. The molecule has 0 aliphatic carbocycles. The smallest absolute Gasteiger partial charge is 0.262 e. The van der Waals surface area contributed by atoms with Crippen molar-refractivity contribution in [1.29, 1.82) is 0 Å². The molecule has 22 heavy (non-hydrogen) atoms. The fourth-order valence-electron chi connectivity index (χ4n) is 2.27. The van der Waals surface area contributed by atoms with Crippen molar-refractivity contribution in [1.82, 2.24) is 29.8 Å². The van der Waals surface area contributed by atoms with E-state index in [0.29, 0.717) is 17.8 Å². The van der Waals surface area contributed by atoms with E-state index in [4.69, 9.17) is 0 Å². The summed E-state index contributed by atoms with van der Waals surface area (Å²) in [6.07, 6.45) is 4.57. The maximum Gasteiger partial charge on any atom is 0.262 e. The quantitative estimate of drug-likeness (QED) is 0.693. The van der Waals surface area contributed by atoms with Gasteiger partial charge in [-0.15, -0.1) is 16.4 Å². The number of hydrogen-bond acceptors (Lipinski definition) is 6. The minimum atomic E-state index is -0.0361. The van der Waals surface area contributed by atoms with E-state index in [1.54, 1.807) is 26.9 Å². The van der Waals surface area contributed by atoms with Gasteiger partial charge < -0.3 is 0 Å². The molecule has 0 saturated heterocycles. The third-order valence-electron chi connectivity index (χ3n) is 3.56. The highest BCUT2D eigenvalue weighted by atomic mass is 32.1. The Kier molecular flexibility index (Phi) is 4.28. The molecule has 0 aliphatic heterocycles.